The van der Waals surface area contributed by atoms with Crippen LogP contribution in [-0.2, 0) is 4.74 Å². The van der Waals surface area contributed by atoms with E-state index in [9.17, 15) is 19.1 Å². The smallest absolute Gasteiger partial charge is 0.330 e. The predicted octanol–water partition coefficient (Wildman–Crippen LogP) is -0.579. The first-order valence-corrected chi connectivity index (χ1v) is 5.89. The average molecular weight is 286 g/mol. The number of aliphatic hydroxyl groups is 2. The van der Waals surface area contributed by atoms with Crippen molar-refractivity contribution in [2.45, 2.75) is 31.0 Å². The maximum Gasteiger partial charge on any atom is 0.330 e. The van der Waals surface area contributed by atoms with Crippen LogP contribution in [0.5, 0.6) is 0 Å². The zero-order chi connectivity index (χ0) is 15.1. The molecule has 20 heavy (non-hydrogen) atoms. The molecule has 110 valence electrons. The summed E-state index contributed by atoms with van der Waals surface area (Å²) in [5.41, 5.74) is -3.19. The summed E-state index contributed by atoms with van der Waals surface area (Å²) >= 11 is 0. The van der Waals surface area contributed by atoms with Crippen molar-refractivity contribution >= 4 is 0 Å². The normalized spacial score (nSPS) is 33.3. The van der Waals surface area contributed by atoms with Crippen molar-refractivity contribution in [2.75, 3.05) is 6.61 Å². The number of ether oxygens (including phenoxy) is 1. The van der Waals surface area contributed by atoms with E-state index in [4.69, 9.17) is 9.84 Å². The number of rotatable bonds is 3. The van der Waals surface area contributed by atoms with Gasteiger partial charge in [0.1, 0.15) is 12.2 Å². The van der Waals surface area contributed by atoms with Crippen LogP contribution < -0.4 is 11.2 Å². The van der Waals surface area contributed by atoms with Gasteiger partial charge in [-0.3, -0.25) is 14.3 Å². The Kier molecular flexibility index (Phi) is 3.41. The Bertz CT molecular complexity index is 654. The number of nitrogens with one attached hydrogen (secondary N) is 1. The second-order valence-electron chi connectivity index (χ2n) is 4.91. The first-order chi connectivity index (χ1) is 9.22. The van der Waals surface area contributed by atoms with Gasteiger partial charge in [-0.1, -0.05) is 6.58 Å². The van der Waals surface area contributed by atoms with Gasteiger partial charge >= 0.3 is 5.69 Å². The van der Waals surface area contributed by atoms with E-state index in [-0.39, 0.29) is 5.57 Å². The van der Waals surface area contributed by atoms with Crippen molar-refractivity contribution in [3.05, 3.63) is 45.3 Å². The number of H-pyrrole nitrogens is 1. The van der Waals surface area contributed by atoms with E-state index in [0.29, 0.717) is 0 Å². The van der Waals surface area contributed by atoms with Crippen LogP contribution in [0.4, 0.5) is 4.39 Å². The minimum atomic E-state index is -2.49. The predicted molar refractivity (Wildman–Crippen MR) is 66.8 cm³/mol. The van der Waals surface area contributed by atoms with E-state index >= 15 is 0 Å². The van der Waals surface area contributed by atoms with E-state index in [1.54, 1.807) is 0 Å². The summed E-state index contributed by atoms with van der Waals surface area (Å²) in [7, 11) is 0. The van der Waals surface area contributed by atoms with Gasteiger partial charge in [0.2, 0.25) is 5.85 Å². The number of hydrogen-bond donors (Lipinski definition) is 3. The van der Waals surface area contributed by atoms with Crippen LogP contribution in [0.2, 0.25) is 0 Å². The Hall–Kier alpha value is -1.77. The molecule has 1 aliphatic rings. The van der Waals surface area contributed by atoms with Gasteiger partial charge in [0.25, 0.3) is 5.56 Å². The largest absolute Gasteiger partial charge is 0.390 e. The molecule has 0 saturated carbocycles. The van der Waals surface area contributed by atoms with Crippen molar-refractivity contribution < 1.29 is 19.3 Å². The fourth-order valence-electron chi connectivity index (χ4n) is 2.18. The molecule has 1 aliphatic heterocycles. The average Bonchev–Trinajstić information content (AvgIpc) is 2.64. The van der Waals surface area contributed by atoms with Gasteiger partial charge in [0, 0.05) is 18.7 Å². The number of aromatic amines is 1. The SMILES string of the molecule is C=C(C)[C@@]1(O)C[C@@](F)(CO)O[C@H]1n1ccc(=O)[nH]c1=O. The molecule has 7 nitrogen and oxygen atoms in total. The number of aliphatic hydroxyl groups excluding tert-OH is 1. The molecular weight excluding hydrogens is 271 g/mol. The van der Waals surface area contributed by atoms with Crippen molar-refractivity contribution in [3.63, 3.8) is 0 Å². The Morgan fingerprint density at radius 1 is 1.70 bits per heavy atom. The molecule has 1 fully saturated rings. The lowest BCUT2D eigenvalue weighted by atomic mass is 9.90. The highest BCUT2D eigenvalue weighted by atomic mass is 19.2. The number of aromatic nitrogens is 2. The molecule has 0 spiro atoms. The molecule has 2 rings (SSSR count). The van der Waals surface area contributed by atoms with Crippen LogP contribution in [-0.4, -0.2) is 37.8 Å². The standard InChI is InChI=1S/C12H15FN2O5/c1-7(2)12(19)5-11(13,6-16)20-9(12)15-4-3-8(17)14-10(15)18/h3-4,9,16,19H,1,5-6H2,2H3,(H,14,17,18)/t9-,11+,12+/m1/s1. The van der Waals surface area contributed by atoms with Gasteiger partial charge in [-0.2, -0.15) is 0 Å². The van der Waals surface area contributed by atoms with E-state index < -0.39 is 42.0 Å². The summed E-state index contributed by atoms with van der Waals surface area (Å²) in [6, 6.07) is 1.04. The van der Waals surface area contributed by atoms with Crippen LogP contribution in [0.1, 0.15) is 19.6 Å². The zero-order valence-electron chi connectivity index (χ0n) is 10.8. The molecule has 0 aliphatic carbocycles. The Labute approximate surface area is 112 Å². The Morgan fingerprint density at radius 3 is 2.85 bits per heavy atom. The molecule has 3 atom stereocenters. The summed E-state index contributed by atoms with van der Waals surface area (Å²) < 4.78 is 20.0. The molecule has 8 heteroatoms. The first kappa shape index (κ1) is 14.6. The lowest BCUT2D eigenvalue weighted by molar-refractivity contribution is -0.184. The van der Waals surface area contributed by atoms with Crippen LogP contribution in [0.15, 0.2) is 34.0 Å². The minimum Gasteiger partial charge on any atom is -0.390 e. The van der Waals surface area contributed by atoms with Crippen molar-refractivity contribution in [2.24, 2.45) is 0 Å². The summed E-state index contributed by atoms with van der Waals surface area (Å²) in [6.07, 6.45) is -0.910. The highest BCUT2D eigenvalue weighted by molar-refractivity contribution is 5.17. The van der Waals surface area contributed by atoms with E-state index in [2.05, 4.69) is 6.58 Å². The molecule has 0 radical (unpaired) electrons. The topological polar surface area (TPSA) is 105 Å². The number of hydrogen-bond acceptors (Lipinski definition) is 5. The fraction of sp³-hybridized carbons (Fsp3) is 0.500. The van der Waals surface area contributed by atoms with Gasteiger partial charge in [-0.15, -0.1) is 0 Å². The lowest BCUT2D eigenvalue weighted by Gasteiger charge is -2.29. The van der Waals surface area contributed by atoms with Gasteiger partial charge in [-0.25, -0.2) is 9.18 Å². The number of nitrogens with zero attached hydrogens (tertiary/aromatic N) is 1. The van der Waals surface area contributed by atoms with Crippen LogP contribution in [0.25, 0.3) is 0 Å². The fourth-order valence-corrected chi connectivity index (χ4v) is 2.18. The molecule has 0 unspecified atom stereocenters. The van der Waals surface area contributed by atoms with E-state index in [1.807, 2.05) is 4.98 Å². The summed E-state index contributed by atoms with van der Waals surface area (Å²) in [4.78, 5) is 24.8. The molecule has 0 amide bonds. The minimum absolute atomic E-state index is 0.175. The molecule has 1 aromatic rings. The maximum atomic E-state index is 14.2. The zero-order valence-corrected chi connectivity index (χ0v) is 10.8. The number of halogens is 1. The highest BCUT2D eigenvalue weighted by Crippen LogP contribution is 2.47. The Morgan fingerprint density at radius 2 is 2.35 bits per heavy atom. The quantitative estimate of drug-likeness (QED) is 0.645. The highest BCUT2D eigenvalue weighted by Gasteiger charge is 2.57. The van der Waals surface area contributed by atoms with Gasteiger partial charge in [-0.05, 0) is 12.5 Å². The van der Waals surface area contributed by atoms with E-state index in [0.717, 1.165) is 16.8 Å². The van der Waals surface area contributed by atoms with Crippen LogP contribution >= 0.6 is 0 Å². The lowest BCUT2D eigenvalue weighted by Crippen LogP contribution is -2.42. The maximum absolute atomic E-state index is 14.2. The third kappa shape index (κ3) is 2.21. The Balaban J connectivity index is 2.55. The molecule has 0 aromatic carbocycles. The molecular formula is C12H15FN2O5. The summed E-state index contributed by atoms with van der Waals surface area (Å²) in [5.74, 6) is -2.49. The van der Waals surface area contributed by atoms with Gasteiger partial charge in [0.05, 0.1) is 0 Å². The third-order valence-corrected chi connectivity index (χ3v) is 3.34. The molecule has 3 N–H and O–H groups in total. The monoisotopic (exact) mass is 286 g/mol. The molecule has 1 saturated heterocycles. The second kappa shape index (κ2) is 4.65. The molecule has 1 aromatic heterocycles. The molecule has 2 heterocycles. The van der Waals surface area contributed by atoms with Gasteiger partial charge in [0.15, 0.2) is 6.23 Å². The molecule has 0 bridgehead atoms. The first-order valence-electron chi connectivity index (χ1n) is 5.89. The van der Waals surface area contributed by atoms with Crippen LogP contribution in [0, 0.1) is 0 Å². The van der Waals surface area contributed by atoms with Crippen LogP contribution in [0.3, 0.4) is 0 Å². The van der Waals surface area contributed by atoms with Gasteiger partial charge < -0.3 is 14.9 Å². The number of alkyl halides is 1. The van der Waals surface area contributed by atoms with Crippen molar-refractivity contribution in [1.29, 1.82) is 0 Å². The van der Waals surface area contributed by atoms with Crippen molar-refractivity contribution in [3.8, 4) is 0 Å². The van der Waals surface area contributed by atoms with E-state index in [1.165, 1.54) is 6.92 Å². The summed E-state index contributed by atoms with van der Waals surface area (Å²) in [6.45, 7) is 4.05. The third-order valence-electron chi connectivity index (χ3n) is 3.34. The van der Waals surface area contributed by atoms with Crippen molar-refractivity contribution in [1.82, 2.24) is 9.55 Å². The second-order valence-corrected chi connectivity index (χ2v) is 4.91. The summed E-state index contributed by atoms with van der Waals surface area (Å²) in [5, 5.41) is 19.5.